The van der Waals surface area contributed by atoms with Gasteiger partial charge in [0, 0.05) is 25.3 Å². The number of fused-ring (bicyclic) bond motifs is 1. The first-order chi connectivity index (χ1) is 8.70. The van der Waals surface area contributed by atoms with Gasteiger partial charge in [0.25, 0.3) is 0 Å². The number of nitrogens with two attached hydrogens (primary N) is 1. The summed E-state index contributed by atoms with van der Waals surface area (Å²) in [4.78, 5) is 11.3. The van der Waals surface area contributed by atoms with E-state index in [1.807, 2.05) is 19.1 Å². The Hall–Kier alpha value is -1.75. The number of nitrogens with one attached hydrogen (secondary N) is 2. The molecule has 0 radical (unpaired) electrons. The van der Waals surface area contributed by atoms with Crippen molar-refractivity contribution in [3.05, 3.63) is 17.7 Å². The van der Waals surface area contributed by atoms with Gasteiger partial charge in [-0.3, -0.25) is 4.79 Å². The van der Waals surface area contributed by atoms with Crippen molar-refractivity contribution in [2.45, 2.75) is 19.8 Å². The van der Waals surface area contributed by atoms with Crippen LogP contribution in [0.2, 0.25) is 0 Å². The van der Waals surface area contributed by atoms with Gasteiger partial charge in [-0.25, -0.2) is 0 Å². The molecule has 0 saturated carbocycles. The number of aryl methyl sites for hydroxylation is 1. The molecule has 2 rings (SSSR count). The second-order valence-corrected chi connectivity index (χ2v) is 4.27. The molecular weight excluding hydrogens is 230 g/mol. The van der Waals surface area contributed by atoms with Crippen LogP contribution in [0.25, 0.3) is 0 Å². The SMILES string of the molecule is CCOCCNc1cc2c(cc1N)NC(=O)CC2. The van der Waals surface area contributed by atoms with Gasteiger partial charge in [0.1, 0.15) is 0 Å². The molecule has 1 aromatic rings. The summed E-state index contributed by atoms with van der Waals surface area (Å²) in [6.07, 6.45) is 1.30. The molecule has 5 nitrogen and oxygen atoms in total. The molecule has 1 aliphatic rings. The third-order valence-corrected chi connectivity index (χ3v) is 2.94. The lowest BCUT2D eigenvalue weighted by atomic mass is 10.0. The molecule has 4 N–H and O–H groups in total. The van der Waals surface area contributed by atoms with Crippen molar-refractivity contribution in [3.63, 3.8) is 0 Å². The van der Waals surface area contributed by atoms with Gasteiger partial charge < -0.3 is 21.1 Å². The van der Waals surface area contributed by atoms with Crippen molar-refractivity contribution >= 4 is 23.0 Å². The van der Waals surface area contributed by atoms with Crippen molar-refractivity contribution in [2.75, 3.05) is 36.1 Å². The maximum Gasteiger partial charge on any atom is 0.224 e. The molecule has 0 aromatic heterocycles. The van der Waals surface area contributed by atoms with Gasteiger partial charge in [-0.05, 0) is 31.0 Å². The summed E-state index contributed by atoms with van der Waals surface area (Å²) in [7, 11) is 0. The van der Waals surface area contributed by atoms with Crippen LogP contribution in [0, 0.1) is 0 Å². The second kappa shape index (κ2) is 5.73. The first kappa shape index (κ1) is 12.7. The minimum Gasteiger partial charge on any atom is -0.397 e. The van der Waals surface area contributed by atoms with E-state index in [1.54, 1.807) is 0 Å². The Morgan fingerprint density at radius 1 is 1.44 bits per heavy atom. The van der Waals surface area contributed by atoms with Crippen molar-refractivity contribution in [1.82, 2.24) is 0 Å². The van der Waals surface area contributed by atoms with Crippen LogP contribution in [-0.2, 0) is 16.0 Å². The summed E-state index contributed by atoms with van der Waals surface area (Å²) < 4.78 is 5.26. The molecule has 0 aliphatic carbocycles. The fourth-order valence-electron chi connectivity index (χ4n) is 2.00. The number of hydrogen-bond acceptors (Lipinski definition) is 4. The average molecular weight is 249 g/mol. The lowest BCUT2D eigenvalue weighted by Crippen LogP contribution is -2.20. The zero-order valence-corrected chi connectivity index (χ0v) is 10.6. The molecule has 0 bridgehead atoms. The maximum absolute atomic E-state index is 11.3. The predicted octanol–water partition coefficient (Wildman–Crippen LogP) is 1.60. The van der Waals surface area contributed by atoms with E-state index < -0.39 is 0 Å². The topological polar surface area (TPSA) is 76.4 Å². The van der Waals surface area contributed by atoms with E-state index in [4.69, 9.17) is 10.5 Å². The number of rotatable bonds is 5. The van der Waals surface area contributed by atoms with Crippen LogP contribution in [0.3, 0.4) is 0 Å². The Labute approximate surface area is 107 Å². The quantitative estimate of drug-likeness (QED) is 0.547. The van der Waals surface area contributed by atoms with Crippen LogP contribution in [0.5, 0.6) is 0 Å². The summed E-state index contributed by atoms with van der Waals surface area (Å²) >= 11 is 0. The Morgan fingerprint density at radius 3 is 3.06 bits per heavy atom. The lowest BCUT2D eigenvalue weighted by molar-refractivity contribution is -0.116. The van der Waals surface area contributed by atoms with E-state index in [0.717, 1.165) is 29.9 Å². The number of ether oxygens (including phenoxy) is 1. The normalized spacial score (nSPS) is 13.9. The number of carbonyl (C=O) groups is 1. The number of nitrogen functional groups attached to an aromatic ring is 1. The lowest BCUT2D eigenvalue weighted by Gasteiger charge is -2.19. The highest BCUT2D eigenvalue weighted by molar-refractivity contribution is 5.95. The van der Waals surface area contributed by atoms with Crippen LogP contribution >= 0.6 is 0 Å². The average Bonchev–Trinajstić information content (AvgIpc) is 2.35. The first-order valence-electron chi connectivity index (χ1n) is 6.24. The van der Waals surface area contributed by atoms with E-state index >= 15 is 0 Å². The molecule has 0 unspecified atom stereocenters. The molecule has 18 heavy (non-hydrogen) atoms. The summed E-state index contributed by atoms with van der Waals surface area (Å²) in [6, 6.07) is 3.82. The van der Waals surface area contributed by atoms with Gasteiger partial charge in [0.2, 0.25) is 5.91 Å². The third-order valence-electron chi connectivity index (χ3n) is 2.94. The van der Waals surface area contributed by atoms with E-state index in [2.05, 4.69) is 10.6 Å². The zero-order valence-electron chi connectivity index (χ0n) is 10.6. The van der Waals surface area contributed by atoms with Gasteiger partial charge in [-0.2, -0.15) is 0 Å². The maximum atomic E-state index is 11.3. The van der Waals surface area contributed by atoms with Gasteiger partial charge in [0.05, 0.1) is 18.0 Å². The molecule has 0 atom stereocenters. The fraction of sp³-hybridized carbons (Fsp3) is 0.462. The fourth-order valence-corrected chi connectivity index (χ4v) is 2.00. The monoisotopic (exact) mass is 249 g/mol. The smallest absolute Gasteiger partial charge is 0.224 e. The number of hydrogen-bond donors (Lipinski definition) is 3. The largest absolute Gasteiger partial charge is 0.397 e. The van der Waals surface area contributed by atoms with E-state index in [-0.39, 0.29) is 5.91 Å². The summed E-state index contributed by atoms with van der Waals surface area (Å²) in [6.45, 7) is 4.07. The highest BCUT2D eigenvalue weighted by atomic mass is 16.5. The second-order valence-electron chi connectivity index (χ2n) is 4.27. The zero-order chi connectivity index (χ0) is 13.0. The van der Waals surface area contributed by atoms with Crippen molar-refractivity contribution in [2.24, 2.45) is 0 Å². The Balaban J connectivity index is 2.05. The Bertz CT molecular complexity index is 446. The molecule has 5 heteroatoms. The van der Waals surface area contributed by atoms with Crippen LogP contribution in [0.4, 0.5) is 17.1 Å². The van der Waals surface area contributed by atoms with Gasteiger partial charge in [-0.1, -0.05) is 0 Å². The van der Waals surface area contributed by atoms with Crippen LogP contribution in [-0.4, -0.2) is 25.7 Å². The van der Waals surface area contributed by atoms with Crippen LogP contribution < -0.4 is 16.4 Å². The standard InChI is InChI=1S/C13H19N3O2/c1-2-18-6-5-15-12-7-9-3-4-13(17)16-11(9)8-10(12)14/h7-8,15H,2-6,14H2,1H3,(H,16,17). The molecule has 0 spiro atoms. The molecular formula is C13H19N3O2. The van der Waals surface area contributed by atoms with Crippen LogP contribution in [0.1, 0.15) is 18.9 Å². The minimum absolute atomic E-state index is 0.0546. The molecule has 1 aromatic carbocycles. The van der Waals surface area contributed by atoms with Crippen LogP contribution in [0.15, 0.2) is 12.1 Å². The minimum atomic E-state index is 0.0546. The highest BCUT2D eigenvalue weighted by Gasteiger charge is 2.16. The number of benzene rings is 1. The number of anilines is 3. The van der Waals surface area contributed by atoms with Gasteiger partial charge in [-0.15, -0.1) is 0 Å². The summed E-state index contributed by atoms with van der Waals surface area (Å²) in [5.41, 5.74) is 9.46. The predicted molar refractivity (Wildman–Crippen MR) is 72.8 cm³/mol. The third kappa shape index (κ3) is 2.92. The highest BCUT2D eigenvalue weighted by Crippen LogP contribution is 2.30. The summed E-state index contributed by atoms with van der Waals surface area (Å²) in [5.74, 6) is 0.0546. The first-order valence-corrected chi connectivity index (χ1v) is 6.24. The Morgan fingerprint density at radius 2 is 2.28 bits per heavy atom. The molecule has 0 saturated heterocycles. The van der Waals surface area contributed by atoms with Crippen molar-refractivity contribution in [1.29, 1.82) is 0 Å². The number of amides is 1. The molecule has 0 fully saturated rings. The van der Waals surface area contributed by atoms with Crippen molar-refractivity contribution < 1.29 is 9.53 Å². The van der Waals surface area contributed by atoms with Gasteiger partial charge in [0.15, 0.2) is 0 Å². The molecule has 98 valence electrons. The van der Waals surface area contributed by atoms with E-state index in [0.29, 0.717) is 25.3 Å². The molecule has 1 heterocycles. The van der Waals surface area contributed by atoms with E-state index in [9.17, 15) is 4.79 Å². The van der Waals surface area contributed by atoms with Gasteiger partial charge >= 0.3 is 0 Å². The molecule has 1 aliphatic heterocycles. The number of carbonyl (C=O) groups excluding carboxylic acids is 1. The summed E-state index contributed by atoms with van der Waals surface area (Å²) in [5, 5.41) is 6.08. The van der Waals surface area contributed by atoms with Crippen molar-refractivity contribution in [3.8, 4) is 0 Å². The van der Waals surface area contributed by atoms with E-state index in [1.165, 1.54) is 0 Å². The Kier molecular flexibility index (Phi) is 4.04. The molecule has 1 amide bonds.